The molecule has 0 aliphatic heterocycles. The van der Waals surface area contributed by atoms with Gasteiger partial charge in [-0.05, 0) is 6.42 Å². The zero-order chi connectivity index (χ0) is 6.95. The maximum atomic E-state index is 3.24. The minimum Gasteiger partial charge on any atom is -0.102 e. The van der Waals surface area contributed by atoms with E-state index in [0.29, 0.717) is 0 Å². The molecule has 0 saturated heterocycles. The van der Waals surface area contributed by atoms with Gasteiger partial charge in [0.2, 0.25) is 0 Å². The molecule has 0 unspecified atom stereocenters. The van der Waals surface area contributed by atoms with Crippen LogP contribution in [0.15, 0.2) is 0 Å². The fraction of sp³-hybridized carbons (Fsp3) is 0.750. The van der Waals surface area contributed by atoms with Crippen molar-refractivity contribution in [2.24, 2.45) is 0 Å². The van der Waals surface area contributed by atoms with E-state index in [-0.39, 0.29) is 0 Å². The van der Waals surface area contributed by atoms with Crippen LogP contribution < -0.4 is 0 Å². The van der Waals surface area contributed by atoms with Crippen molar-refractivity contribution < 1.29 is 0 Å². The first-order chi connectivity index (χ1) is 4.41. The summed E-state index contributed by atoms with van der Waals surface area (Å²) in [4.78, 5) is 0. The van der Waals surface area contributed by atoms with E-state index in [9.17, 15) is 0 Å². The zero-order valence-corrected chi connectivity index (χ0v) is 7.50. The van der Waals surface area contributed by atoms with Crippen molar-refractivity contribution >= 4 is 15.9 Å². The van der Waals surface area contributed by atoms with E-state index in [1.54, 1.807) is 0 Å². The van der Waals surface area contributed by atoms with Gasteiger partial charge in [0.15, 0.2) is 0 Å². The van der Waals surface area contributed by atoms with Gasteiger partial charge in [-0.1, -0.05) is 41.6 Å². The van der Waals surface area contributed by atoms with E-state index in [1.807, 2.05) is 0 Å². The molecule has 0 spiro atoms. The van der Waals surface area contributed by atoms with Crippen LogP contribution in [-0.2, 0) is 0 Å². The normalized spacial score (nSPS) is 8.22. The van der Waals surface area contributed by atoms with Crippen molar-refractivity contribution in [1.29, 1.82) is 0 Å². The average molecular weight is 189 g/mol. The highest BCUT2D eigenvalue weighted by molar-refractivity contribution is 9.09. The predicted molar refractivity (Wildman–Crippen MR) is 45.7 cm³/mol. The summed E-state index contributed by atoms with van der Waals surface area (Å²) in [7, 11) is 0. The second kappa shape index (κ2) is 8.04. The number of unbranched alkanes of at least 4 members (excludes halogenated alkanes) is 3. The second-order valence-corrected chi connectivity index (χ2v) is 2.51. The summed E-state index contributed by atoms with van der Waals surface area (Å²) >= 11 is 3.24. The Morgan fingerprint density at radius 1 is 1.22 bits per heavy atom. The largest absolute Gasteiger partial charge is 0.102 e. The third kappa shape index (κ3) is 8.04. The molecule has 0 N–H and O–H groups in total. The summed E-state index contributed by atoms with van der Waals surface area (Å²) in [5.41, 5.74) is 0. The van der Waals surface area contributed by atoms with Gasteiger partial charge < -0.3 is 0 Å². The summed E-state index contributed by atoms with van der Waals surface area (Å²) in [6.07, 6.45) is 4.93. The van der Waals surface area contributed by atoms with Gasteiger partial charge in [-0.3, -0.25) is 0 Å². The molecule has 9 heavy (non-hydrogen) atoms. The van der Waals surface area contributed by atoms with Gasteiger partial charge in [-0.2, -0.15) is 0 Å². The zero-order valence-electron chi connectivity index (χ0n) is 5.91. The highest BCUT2D eigenvalue weighted by Crippen LogP contribution is 1.96. The van der Waals surface area contributed by atoms with Crippen molar-refractivity contribution in [3.8, 4) is 11.8 Å². The van der Waals surface area contributed by atoms with Crippen LogP contribution in [0, 0.1) is 11.8 Å². The summed E-state index contributed by atoms with van der Waals surface area (Å²) in [6, 6.07) is 0. The van der Waals surface area contributed by atoms with Gasteiger partial charge >= 0.3 is 0 Å². The van der Waals surface area contributed by atoms with Crippen molar-refractivity contribution in [1.82, 2.24) is 0 Å². The molecular formula is C8H13Br. The van der Waals surface area contributed by atoms with Crippen LogP contribution in [0.5, 0.6) is 0 Å². The highest BCUT2D eigenvalue weighted by Gasteiger charge is 1.79. The molecule has 0 atom stereocenters. The molecule has 0 aromatic heterocycles. The van der Waals surface area contributed by atoms with Crippen molar-refractivity contribution in [2.75, 3.05) is 5.33 Å². The van der Waals surface area contributed by atoms with Crippen LogP contribution in [0.25, 0.3) is 0 Å². The van der Waals surface area contributed by atoms with Crippen LogP contribution in [0.2, 0.25) is 0 Å². The standard InChI is InChI=1S/C8H13Br/c1-2-3-4-5-6-7-8-9/h2-5,8H2,1H3. The molecule has 0 rings (SSSR count). The summed E-state index contributed by atoms with van der Waals surface area (Å²) in [5, 5.41) is 0.819. The van der Waals surface area contributed by atoms with Crippen molar-refractivity contribution in [2.45, 2.75) is 32.6 Å². The van der Waals surface area contributed by atoms with Crippen molar-refractivity contribution in [3.05, 3.63) is 0 Å². The first-order valence-corrected chi connectivity index (χ1v) is 4.55. The molecule has 0 bridgehead atoms. The van der Waals surface area contributed by atoms with Gasteiger partial charge in [0, 0.05) is 6.42 Å². The van der Waals surface area contributed by atoms with Gasteiger partial charge in [0.25, 0.3) is 0 Å². The quantitative estimate of drug-likeness (QED) is 0.363. The van der Waals surface area contributed by atoms with Gasteiger partial charge in [-0.15, -0.1) is 5.92 Å². The van der Waals surface area contributed by atoms with Gasteiger partial charge in [0.05, 0.1) is 5.33 Å². The molecular weight excluding hydrogens is 176 g/mol. The molecule has 0 radical (unpaired) electrons. The first-order valence-electron chi connectivity index (χ1n) is 3.43. The summed E-state index contributed by atoms with van der Waals surface area (Å²) in [5.74, 6) is 6.05. The average Bonchev–Trinajstić information content (AvgIpc) is 1.89. The third-order valence-electron chi connectivity index (χ3n) is 1.10. The first kappa shape index (κ1) is 9.04. The van der Waals surface area contributed by atoms with E-state index in [0.717, 1.165) is 11.8 Å². The van der Waals surface area contributed by atoms with E-state index in [4.69, 9.17) is 0 Å². The lowest BCUT2D eigenvalue weighted by atomic mass is 10.2. The molecule has 0 saturated carbocycles. The van der Waals surface area contributed by atoms with Crippen LogP contribution in [0.1, 0.15) is 32.6 Å². The van der Waals surface area contributed by atoms with E-state index in [2.05, 4.69) is 34.7 Å². The summed E-state index contributed by atoms with van der Waals surface area (Å²) < 4.78 is 0. The smallest absolute Gasteiger partial charge is 0.0645 e. The van der Waals surface area contributed by atoms with E-state index in [1.165, 1.54) is 19.3 Å². The molecule has 0 aliphatic carbocycles. The Morgan fingerprint density at radius 3 is 2.56 bits per heavy atom. The number of halogens is 1. The SMILES string of the molecule is CCCCCC#CCBr. The van der Waals surface area contributed by atoms with Crippen LogP contribution in [-0.4, -0.2) is 5.33 Å². The van der Waals surface area contributed by atoms with Crippen molar-refractivity contribution in [3.63, 3.8) is 0 Å². The minimum atomic E-state index is 0.819. The maximum absolute atomic E-state index is 3.24. The topological polar surface area (TPSA) is 0 Å². The molecule has 0 aromatic carbocycles. The third-order valence-corrected chi connectivity index (χ3v) is 1.38. The Labute approximate surface area is 66.2 Å². The lowest BCUT2D eigenvalue weighted by Crippen LogP contribution is -1.70. The molecule has 0 aliphatic rings. The number of hydrogen-bond donors (Lipinski definition) is 0. The molecule has 0 fully saturated rings. The minimum absolute atomic E-state index is 0.819. The summed E-state index contributed by atoms with van der Waals surface area (Å²) in [6.45, 7) is 2.21. The Kier molecular flexibility index (Phi) is 8.08. The van der Waals surface area contributed by atoms with E-state index >= 15 is 0 Å². The van der Waals surface area contributed by atoms with Crippen LogP contribution >= 0.6 is 15.9 Å². The fourth-order valence-corrected chi connectivity index (χ4v) is 0.797. The maximum Gasteiger partial charge on any atom is 0.0645 e. The monoisotopic (exact) mass is 188 g/mol. The van der Waals surface area contributed by atoms with Gasteiger partial charge in [-0.25, -0.2) is 0 Å². The number of alkyl halides is 1. The number of rotatable bonds is 3. The fourth-order valence-electron chi connectivity index (χ4n) is 0.599. The highest BCUT2D eigenvalue weighted by atomic mass is 79.9. The molecule has 0 aromatic rings. The Balaban J connectivity index is 2.90. The molecule has 0 nitrogen and oxygen atoms in total. The second-order valence-electron chi connectivity index (χ2n) is 1.94. The Morgan fingerprint density at radius 2 is 2.00 bits per heavy atom. The van der Waals surface area contributed by atoms with E-state index < -0.39 is 0 Å². The number of hydrogen-bond acceptors (Lipinski definition) is 0. The van der Waals surface area contributed by atoms with Gasteiger partial charge in [0.1, 0.15) is 0 Å². The molecule has 0 heterocycles. The lowest BCUT2D eigenvalue weighted by molar-refractivity contribution is 0.737. The Bertz CT molecular complexity index is 96.9. The molecule has 52 valence electrons. The van der Waals surface area contributed by atoms with Crippen LogP contribution in [0.4, 0.5) is 0 Å². The predicted octanol–water partition coefficient (Wildman–Crippen LogP) is 2.97. The Hall–Kier alpha value is 0.0400. The van der Waals surface area contributed by atoms with Crippen LogP contribution in [0.3, 0.4) is 0 Å². The molecule has 0 amide bonds. The molecule has 1 heteroatoms. The lowest BCUT2D eigenvalue weighted by Gasteiger charge is -1.87.